The molecule has 8 nitrogen and oxygen atoms in total. The quantitative estimate of drug-likeness (QED) is 0.609. The molecule has 0 fully saturated rings. The number of hydrogen-bond acceptors (Lipinski definition) is 7. The lowest BCUT2D eigenvalue weighted by molar-refractivity contribution is 0.0266. The third-order valence-electron chi connectivity index (χ3n) is 3.95. The Balaban J connectivity index is 1.78. The minimum atomic E-state index is -3.58. The Morgan fingerprint density at radius 1 is 1.24 bits per heavy atom. The number of sulfonamides is 1. The lowest BCUT2D eigenvalue weighted by Gasteiger charge is -2.12. The van der Waals surface area contributed by atoms with E-state index < -0.39 is 27.9 Å². The van der Waals surface area contributed by atoms with Crippen LogP contribution < -0.4 is 4.72 Å². The van der Waals surface area contributed by atoms with Gasteiger partial charge in [0.1, 0.15) is 5.82 Å². The lowest BCUT2D eigenvalue weighted by atomic mass is 10.1. The molecule has 0 bridgehead atoms. The predicted molar refractivity (Wildman–Crippen MR) is 103 cm³/mol. The van der Waals surface area contributed by atoms with Crippen LogP contribution >= 0.6 is 0 Å². The molecule has 152 valence electrons. The van der Waals surface area contributed by atoms with Gasteiger partial charge in [-0.2, -0.15) is 4.98 Å². The number of anilines is 1. The highest BCUT2D eigenvalue weighted by Crippen LogP contribution is 2.24. The third-order valence-corrected chi connectivity index (χ3v) is 4.54. The smallest absolute Gasteiger partial charge is 0.341 e. The Labute approximate surface area is 166 Å². The molecule has 0 radical (unpaired) electrons. The highest BCUT2D eigenvalue weighted by Gasteiger charge is 2.22. The highest BCUT2D eigenvalue weighted by molar-refractivity contribution is 7.92. The van der Waals surface area contributed by atoms with Gasteiger partial charge in [0.05, 0.1) is 17.5 Å². The molecular formula is C19H18FN3O5S. The standard InChI is InChI=1S/C19H18FN3O5S/c1-11-8-9-13(10-15(11)20)17-21-18(28-22-17)12(2)27-19(24)14-6-4-5-7-16(14)23-29(3,25)26/h4-10,12,23H,1-3H3. The monoisotopic (exact) mass is 419 g/mol. The first kappa shape index (κ1) is 20.5. The van der Waals surface area contributed by atoms with Crippen LogP contribution in [0.2, 0.25) is 0 Å². The number of carbonyl (C=O) groups is 1. The lowest BCUT2D eigenvalue weighted by Crippen LogP contribution is -2.15. The summed E-state index contributed by atoms with van der Waals surface area (Å²) in [6.07, 6.45) is 0.0661. The Kier molecular flexibility index (Phi) is 5.64. The van der Waals surface area contributed by atoms with E-state index in [1.807, 2.05) is 0 Å². The average Bonchev–Trinajstić information content (AvgIpc) is 3.13. The van der Waals surface area contributed by atoms with Gasteiger partial charge in [0.2, 0.25) is 15.8 Å². The van der Waals surface area contributed by atoms with Gasteiger partial charge in [-0.1, -0.05) is 29.4 Å². The summed E-state index contributed by atoms with van der Waals surface area (Å²) in [5, 5.41) is 3.79. The number of halogens is 1. The molecule has 29 heavy (non-hydrogen) atoms. The second-order valence-electron chi connectivity index (χ2n) is 6.39. The molecule has 1 unspecified atom stereocenters. The van der Waals surface area contributed by atoms with Gasteiger partial charge in [-0.25, -0.2) is 17.6 Å². The van der Waals surface area contributed by atoms with Crippen molar-refractivity contribution in [1.82, 2.24) is 10.1 Å². The molecule has 0 amide bonds. The number of carbonyl (C=O) groups excluding carboxylic acids is 1. The maximum Gasteiger partial charge on any atom is 0.341 e. The first-order valence-electron chi connectivity index (χ1n) is 8.52. The van der Waals surface area contributed by atoms with E-state index in [4.69, 9.17) is 9.26 Å². The van der Waals surface area contributed by atoms with Crippen LogP contribution in [0.3, 0.4) is 0 Å². The second-order valence-corrected chi connectivity index (χ2v) is 8.14. The number of nitrogens with one attached hydrogen (secondary N) is 1. The van der Waals surface area contributed by atoms with Gasteiger partial charge >= 0.3 is 5.97 Å². The number of aromatic nitrogens is 2. The number of ether oxygens (including phenoxy) is 1. The zero-order valence-corrected chi connectivity index (χ0v) is 16.7. The number of esters is 1. The van der Waals surface area contributed by atoms with Crippen molar-refractivity contribution in [3.8, 4) is 11.4 Å². The van der Waals surface area contributed by atoms with Crippen LogP contribution in [0.25, 0.3) is 11.4 Å². The molecule has 0 aliphatic rings. The number of para-hydroxylation sites is 1. The van der Waals surface area contributed by atoms with Crippen molar-refractivity contribution in [3.05, 3.63) is 65.3 Å². The molecule has 2 aromatic carbocycles. The van der Waals surface area contributed by atoms with E-state index in [2.05, 4.69) is 14.9 Å². The molecule has 10 heteroatoms. The van der Waals surface area contributed by atoms with Crippen molar-refractivity contribution in [2.24, 2.45) is 0 Å². The summed E-state index contributed by atoms with van der Waals surface area (Å²) < 4.78 is 49.4. The van der Waals surface area contributed by atoms with Crippen LogP contribution in [0.4, 0.5) is 10.1 Å². The Morgan fingerprint density at radius 3 is 2.66 bits per heavy atom. The molecule has 0 aliphatic heterocycles. The van der Waals surface area contributed by atoms with Crippen molar-refractivity contribution in [1.29, 1.82) is 0 Å². The maximum absolute atomic E-state index is 13.7. The average molecular weight is 419 g/mol. The van der Waals surface area contributed by atoms with E-state index >= 15 is 0 Å². The first-order chi connectivity index (χ1) is 13.6. The van der Waals surface area contributed by atoms with Crippen molar-refractivity contribution < 1.29 is 26.9 Å². The largest absolute Gasteiger partial charge is 0.449 e. The van der Waals surface area contributed by atoms with Gasteiger partial charge < -0.3 is 9.26 Å². The van der Waals surface area contributed by atoms with Gasteiger partial charge in [0, 0.05) is 5.56 Å². The predicted octanol–water partition coefficient (Wildman–Crippen LogP) is 3.47. The van der Waals surface area contributed by atoms with E-state index in [1.54, 1.807) is 31.2 Å². The Morgan fingerprint density at radius 2 is 1.97 bits per heavy atom. The van der Waals surface area contributed by atoms with E-state index in [0.717, 1.165) is 6.26 Å². The number of aryl methyl sites for hydroxylation is 1. The van der Waals surface area contributed by atoms with Crippen LogP contribution in [-0.2, 0) is 14.8 Å². The number of hydrogen-bond donors (Lipinski definition) is 1. The zero-order valence-electron chi connectivity index (χ0n) is 15.8. The Bertz CT molecular complexity index is 1160. The van der Waals surface area contributed by atoms with Crippen LogP contribution in [-0.4, -0.2) is 30.8 Å². The van der Waals surface area contributed by atoms with E-state index in [-0.39, 0.29) is 23.0 Å². The number of benzene rings is 2. The molecule has 3 rings (SSSR count). The number of nitrogens with zero attached hydrogens (tertiary/aromatic N) is 2. The molecule has 3 aromatic rings. The fraction of sp³-hybridized carbons (Fsp3) is 0.211. The molecule has 1 atom stereocenters. The van der Waals surface area contributed by atoms with E-state index in [1.165, 1.54) is 25.1 Å². The molecule has 0 saturated heterocycles. The molecular weight excluding hydrogens is 401 g/mol. The highest BCUT2D eigenvalue weighted by atomic mass is 32.2. The summed E-state index contributed by atoms with van der Waals surface area (Å²) in [6, 6.07) is 10.6. The van der Waals surface area contributed by atoms with Crippen molar-refractivity contribution in [2.45, 2.75) is 20.0 Å². The van der Waals surface area contributed by atoms with Crippen molar-refractivity contribution >= 4 is 21.7 Å². The molecule has 0 saturated carbocycles. The fourth-order valence-corrected chi connectivity index (χ4v) is 3.05. The fourth-order valence-electron chi connectivity index (χ4n) is 2.47. The minimum absolute atomic E-state index is 0.0166. The van der Waals surface area contributed by atoms with Crippen molar-refractivity contribution in [2.75, 3.05) is 11.0 Å². The minimum Gasteiger partial charge on any atom is -0.449 e. The van der Waals surface area contributed by atoms with Crippen LogP contribution in [0.15, 0.2) is 47.0 Å². The summed E-state index contributed by atoms with van der Waals surface area (Å²) in [6.45, 7) is 3.16. The maximum atomic E-state index is 13.7. The molecule has 1 heterocycles. The SMILES string of the molecule is Cc1ccc(-c2noc(C(C)OC(=O)c3ccccc3NS(C)(=O)=O)n2)cc1F. The Hall–Kier alpha value is -3.27. The van der Waals surface area contributed by atoms with Gasteiger partial charge in [-0.3, -0.25) is 4.72 Å². The van der Waals surface area contributed by atoms with Gasteiger partial charge in [0.15, 0.2) is 6.10 Å². The summed E-state index contributed by atoms with van der Waals surface area (Å²) >= 11 is 0. The molecule has 0 spiro atoms. The number of rotatable bonds is 6. The molecule has 1 aromatic heterocycles. The van der Waals surface area contributed by atoms with Crippen LogP contribution in [0, 0.1) is 12.7 Å². The van der Waals surface area contributed by atoms with Gasteiger partial charge in [-0.05, 0) is 37.6 Å². The van der Waals surface area contributed by atoms with Gasteiger partial charge in [-0.15, -0.1) is 0 Å². The summed E-state index contributed by atoms with van der Waals surface area (Å²) in [5.74, 6) is -1.00. The van der Waals surface area contributed by atoms with E-state index in [9.17, 15) is 17.6 Å². The van der Waals surface area contributed by atoms with Crippen LogP contribution in [0.5, 0.6) is 0 Å². The summed E-state index contributed by atoms with van der Waals surface area (Å²) in [4.78, 5) is 16.6. The zero-order chi connectivity index (χ0) is 21.2. The van der Waals surface area contributed by atoms with Crippen LogP contribution in [0.1, 0.15) is 34.8 Å². The first-order valence-corrected chi connectivity index (χ1v) is 10.4. The summed E-state index contributed by atoms with van der Waals surface area (Å²) in [5.41, 5.74) is 1.03. The third kappa shape index (κ3) is 4.96. The molecule has 1 N–H and O–H groups in total. The van der Waals surface area contributed by atoms with Crippen molar-refractivity contribution in [3.63, 3.8) is 0 Å². The second kappa shape index (κ2) is 8.00. The van der Waals surface area contributed by atoms with E-state index in [0.29, 0.717) is 11.1 Å². The normalized spacial score (nSPS) is 12.4. The molecule has 0 aliphatic carbocycles. The summed E-state index contributed by atoms with van der Waals surface area (Å²) in [7, 11) is -3.58. The topological polar surface area (TPSA) is 111 Å². The van der Waals surface area contributed by atoms with Gasteiger partial charge in [0.25, 0.3) is 5.89 Å².